The van der Waals surface area contributed by atoms with Gasteiger partial charge in [-0.15, -0.1) is 11.8 Å². The number of methoxy groups -OCH3 is 1. The van der Waals surface area contributed by atoms with Crippen LogP contribution in [0.25, 0.3) is 0 Å². The highest BCUT2D eigenvalue weighted by Gasteiger charge is 2.19. The average molecular weight is 419 g/mol. The summed E-state index contributed by atoms with van der Waals surface area (Å²) >= 11 is 2.96. The summed E-state index contributed by atoms with van der Waals surface area (Å²) in [7, 11) is 1.56. The number of oxazole rings is 1. The highest BCUT2D eigenvalue weighted by Crippen LogP contribution is 2.32. The molecule has 7 nitrogen and oxygen atoms in total. The number of aromatic nitrogens is 2. The van der Waals surface area contributed by atoms with Crippen molar-refractivity contribution in [3.8, 4) is 5.75 Å². The second-order valence-electron chi connectivity index (χ2n) is 6.92. The van der Waals surface area contributed by atoms with Crippen LogP contribution in [0.3, 0.4) is 0 Å². The van der Waals surface area contributed by atoms with Crippen molar-refractivity contribution in [2.75, 3.05) is 17.7 Å². The molecular weight excluding hydrogens is 396 g/mol. The Morgan fingerprint density at radius 3 is 2.71 bits per heavy atom. The van der Waals surface area contributed by atoms with Crippen molar-refractivity contribution in [2.24, 2.45) is 0 Å². The van der Waals surface area contributed by atoms with E-state index in [0.717, 1.165) is 9.97 Å². The van der Waals surface area contributed by atoms with Gasteiger partial charge in [-0.1, -0.05) is 44.2 Å². The molecule has 3 aromatic rings. The molecular formula is C19H22N4O3S2. The monoisotopic (exact) mass is 418 g/mol. The van der Waals surface area contributed by atoms with Crippen LogP contribution < -0.4 is 15.4 Å². The summed E-state index contributed by atoms with van der Waals surface area (Å²) in [5, 5.41) is 6.00. The molecule has 2 heterocycles. The first-order chi connectivity index (χ1) is 13.3. The average Bonchev–Trinajstić information content (AvgIpc) is 3.29. The number of carbonyl (C=O) groups is 1. The largest absolute Gasteiger partial charge is 0.495 e. The molecule has 0 aliphatic carbocycles. The van der Waals surface area contributed by atoms with E-state index in [1.54, 1.807) is 43.4 Å². The number of rotatable bonds is 6. The zero-order valence-electron chi connectivity index (χ0n) is 16.1. The van der Waals surface area contributed by atoms with E-state index in [2.05, 4.69) is 41.4 Å². The van der Waals surface area contributed by atoms with E-state index in [1.165, 1.54) is 11.3 Å². The number of benzene rings is 1. The smallest absolute Gasteiger partial charge is 0.325 e. The number of anilines is 2. The maximum Gasteiger partial charge on any atom is 0.325 e. The summed E-state index contributed by atoms with van der Waals surface area (Å²) in [6, 6.07) is 6.83. The van der Waals surface area contributed by atoms with Crippen LogP contribution in [0.5, 0.6) is 5.75 Å². The van der Waals surface area contributed by atoms with Crippen LogP contribution in [0.15, 0.2) is 45.3 Å². The van der Waals surface area contributed by atoms with Crippen LogP contribution in [0.4, 0.5) is 15.6 Å². The number of urea groups is 1. The molecule has 0 saturated heterocycles. The minimum Gasteiger partial charge on any atom is -0.495 e. The predicted molar refractivity (Wildman–Crippen MR) is 113 cm³/mol. The number of nitrogens with zero attached hydrogens (tertiary/aromatic N) is 2. The summed E-state index contributed by atoms with van der Waals surface area (Å²) in [6.07, 6.45) is 3.50. The number of thiazole rings is 1. The Hall–Kier alpha value is -2.52. The molecule has 0 aliphatic rings. The minimum atomic E-state index is -0.377. The normalized spacial score (nSPS) is 11.3. The van der Waals surface area contributed by atoms with Crippen molar-refractivity contribution < 1.29 is 13.9 Å². The molecule has 0 fully saturated rings. The fourth-order valence-electron chi connectivity index (χ4n) is 2.24. The van der Waals surface area contributed by atoms with Gasteiger partial charge in [-0.25, -0.2) is 14.8 Å². The molecule has 28 heavy (non-hydrogen) atoms. The number of hydrogen-bond donors (Lipinski definition) is 2. The molecule has 0 saturated carbocycles. The fraction of sp³-hybridized carbons (Fsp3) is 0.316. The summed E-state index contributed by atoms with van der Waals surface area (Å²) in [6.45, 7) is 6.25. The second kappa shape index (κ2) is 8.66. The lowest BCUT2D eigenvalue weighted by molar-refractivity contribution is 0.262. The van der Waals surface area contributed by atoms with Gasteiger partial charge >= 0.3 is 6.03 Å². The van der Waals surface area contributed by atoms with Crippen LogP contribution in [-0.4, -0.2) is 23.1 Å². The quantitative estimate of drug-likeness (QED) is 0.523. The third-order valence-corrected chi connectivity index (χ3v) is 5.78. The van der Waals surface area contributed by atoms with Crippen LogP contribution in [-0.2, 0) is 11.2 Å². The van der Waals surface area contributed by atoms with Gasteiger partial charge in [-0.3, -0.25) is 5.32 Å². The van der Waals surface area contributed by atoms with E-state index >= 15 is 0 Å². The van der Waals surface area contributed by atoms with Crippen molar-refractivity contribution in [3.05, 3.63) is 48.3 Å². The summed E-state index contributed by atoms with van der Waals surface area (Å²) < 4.78 is 12.0. The van der Waals surface area contributed by atoms with Crippen LogP contribution in [0, 0.1) is 0 Å². The lowest BCUT2D eigenvalue weighted by Gasteiger charge is -2.12. The van der Waals surface area contributed by atoms with Crippen LogP contribution in [0.1, 0.15) is 32.4 Å². The Labute approximate surface area is 171 Å². The van der Waals surface area contributed by atoms with Gasteiger partial charge in [-0.2, -0.15) is 0 Å². The van der Waals surface area contributed by atoms with Gasteiger partial charge in [0.2, 0.25) is 5.89 Å². The van der Waals surface area contributed by atoms with Crippen molar-refractivity contribution in [1.29, 1.82) is 0 Å². The second-order valence-corrected chi connectivity index (χ2v) is 9.23. The first-order valence-electron chi connectivity index (χ1n) is 8.60. The molecule has 148 valence electrons. The van der Waals surface area contributed by atoms with E-state index in [-0.39, 0.29) is 11.4 Å². The number of para-hydroxylation sites is 2. The molecule has 2 N–H and O–H groups in total. The topological polar surface area (TPSA) is 89.3 Å². The lowest BCUT2D eigenvalue weighted by atomic mass is 9.94. The highest BCUT2D eigenvalue weighted by molar-refractivity contribution is 8.00. The molecule has 3 rings (SSSR count). The van der Waals surface area contributed by atoms with Crippen LogP contribution in [0.2, 0.25) is 0 Å². The summed E-state index contributed by atoms with van der Waals surface area (Å²) in [5.74, 6) is 2.73. The van der Waals surface area contributed by atoms with Crippen molar-refractivity contribution in [1.82, 2.24) is 9.97 Å². The van der Waals surface area contributed by atoms with E-state index in [4.69, 9.17) is 9.15 Å². The van der Waals surface area contributed by atoms with Gasteiger partial charge in [-0.05, 0) is 12.1 Å². The van der Waals surface area contributed by atoms with Crippen LogP contribution >= 0.6 is 23.1 Å². The Balaban J connectivity index is 1.54. The van der Waals surface area contributed by atoms with Crippen molar-refractivity contribution in [2.45, 2.75) is 36.1 Å². The van der Waals surface area contributed by atoms with E-state index in [9.17, 15) is 4.79 Å². The molecule has 0 aliphatic heterocycles. The summed E-state index contributed by atoms with van der Waals surface area (Å²) in [4.78, 5) is 20.8. The Kier molecular flexibility index (Phi) is 6.25. The number of ether oxygens (including phenoxy) is 1. The molecule has 0 radical (unpaired) electrons. The highest BCUT2D eigenvalue weighted by atomic mass is 32.2. The van der Waals surface area contributed by atoms with Gasteiger partial charge < -0.3 is 14.5 Å². The predicted octanol–water partition coefficient (Wildman–Crippen LogP) is 5.37. The van der Waals surface area contributed by atoms with E-state index < -0.39 is 0 Å². The maximum atomic E-state index is 12.2. The molecule has 0 bridgehead atoms. The van der Waals surface area contributed by atoms with E-state index in [1.807, 2.05) is 12.1 Å². The Morgan fingerprint density at radius 2 is 2.00 bits per heavy atom. The number of hydrogen-bond acceptors (Lipinski definition) is 7. The van der Waals surface area contributed by atoms with Gasteiger partial charge in [0.25, 0.3) is 0 Å². The number of nitrogens with one attached hydrogen (secondary N) is 2. The SMILES string of the molecule is COc1ccccc1NC(=O)Nc1ncc(SCc2ncc(C(C)(C)C)o2)s1. The zero-order valence-corrected chi connectivity index (χ0v) is 17.7. The number of thioether (sulfide) groups is 1. The third kappa shape index (κ3) is 5.26. The van der Waals surface area contributed by atoms with Gasteiger partial charge in [0, 0.05) is 5.41 Å². The first-order valence-corrected chi connectivity index (χ1v) is 10.4. The first kappa shape index (κ1) is 20.2. The van der Waals surface area contributed by atoms with Gasteiger partial charge in [0.1, 0.15) is 11.5 Å². The lowest BCUT2D eigenvalue weighted by Crippen LogP contribution is -2.19. The third-order valence-electron chi connectivity index (χ3n) is 3.69. The van der Waals surface area contributed by atoms with Crippen molar-refractivity contribution >= 4 is 39.9 Å². The molecule has 0 spiro atoms. The summed E-state index contributed by atoms with van der Waals surface area (Å²) in [5.41, 5.74) is 0.527. The zero-order chi connectivity index (χ0) is 20.1. The Bertz CT molecular complexity index is 947. The maximum absolute atomic E-state index is 12.2. The fourth-order valence-corrected chi connectivity index (χ4v) is 3.96. The minimum absolute atomic E-state index is 0.0632. The molecule has 9 heteroatoms. The Morgan fingerprint density at radius 1 is 1.21 bits per heavy atom. The number of carbonyl (C=O) groups excluding carboxylic acids is 1. The van der Waals surface area contributed by atoms with Crippen molar-refractivity contribution in [3.63, 3.8) is 0 Å². The van der Waals surface area contributed by atoms with Gasteiger partial charge in [0.05, 0.1) is 35.2 Å². The molecule has 0 atom stereocenters. The van der Waals surface area contributed by atoms with Gasteiger partial charge in [0.15, 0.2) is 5.13 Å². The molecule has 0 unspecified atom stereocenters. The molecule has 2 amide bonds. The molecule has 1 aromatic carbocycles. The number of amides is 2. The van der Waals surface area contributed by atoms with E-state index in [0.29, 0.717) is 28.2 Å². The molecule has 2 aromatic heterocycles. The standard InChI is InChI=1S/C19H22N4O3S2/c1-19(2,3)14-9-20-15(26-14)11-27-16-10-21-18(28-16)23-17(24)22-12-7-5-6-8-13(12)25-4/h5-10H,11H2,1-4H3,(H2,21,22,23,24).